The summed E-state index contributed by atoms with van der Waals surface area (Å²) in [6.07, 6.45) is 3.41. The van der Waals surface area contributed by atoms with E-state index in [4.69, 9.17) is 26.1 Å². The zero-order valence-corrected chi connectivity index (χ0v) is 19.5. The average Bonchev–Trinajstić information content (AvgIpc) is 3.36. The van der Waals surface area contributed by atoms with Gasteiger partial charge in [0.25, 0.3) is 11.8 Å². The van der Waals surface area contributed by atoms with E-state index >= 15 is 0 Å². The summed E-state index contributed by atoms with van der Waals surface area (Å²) in [6, 6.07) is 10.9. The predicted octanol–water partition coefficient (Wildman–Crippen LogP) is 3.70. The largest absolute Gasteiger partial charge is 0.484 e. The number of furan rings is 1. The van der Waals surface area contributed by atoms with Crippen LogP contribution in [0.15, 0.2) is 52.0 Å². The van der Waals surface area contributed by atoms with Gasteiger partial charge in [0.05, 0.1) is 29.9 Å². The Morgan fingerprint density at radius 2 is 1.94 bits per heavy atom. The molecule has 0 aliphatic carbocycles. The molecule has 0 saturated carbocycles. The Bertz CT molecular complexity index is 1010. The van der Waals surface area contributed by atoms with Crippen LogP contribution in [0, 0.1) is 0 Å². The molecule has 1 aromatic carbocycles. The van der Waals surface area contributed by atoms with E-state index in [1.165, 1.54) is 16.7 Å². The molecule has 2 aliphatic rings. The Labute approximate surface area is 196 Å². The van der Waals surface area contributed by atoms with Crippen LogP contribution >= 0.6 is 24.0 Å². The van der Waals surface area contributed by atoms with Crippen LogP contribution in [-0.2, 0) is 20.9 Å². The Morgan fingerprint density at radius 3 is 2.59 bits per heavy atom. The Morgan fingerprint density at radius 1 is 1.22 bits per heavy atom. The maximum absolute atomic E-state index is 12.7. The summed E-state index contributed by atoms with van der Waals surface area (Å²) in [5.74, 6) is 1.07. The van der Waals surface area contributed by atoms with Gasteiger partial charge in [0.2, 0.25) is 0 Å². The van der Waals surface area contributed by atoms with E-state index in [9.17, 15) is 9.59 Å². The summed E-state index contributed by atoms with van der Waals surface area (Å²) >= 11 is 6.62. The van der Waals surface area contributed by atoms with Gasteiger partial charge in [-0.3, -0.25) is 14.5 Å². The number of carbonyl (C=O) groups excluding carboxylic acids is 2. The number of benzene rings is 1. The molecule has 0 spiro atoms. The van der Waals surface area contributed by atoms with Crippen molar-refractivity contribution >= 4 is 46.2 Å². The maximum atomic E-state index is 12.7. The minimum Gasteiger partial charge on any atom is -0.484 e. The highest BCUT2D eigenvalue weighted by molar-refractivity contribution is 8.26. The van der Waals surface area contributed by atoms with E-state index in [0.717, 1.165) is 5.56 Å². The summed E-state index contributed by atoms with van der Waals surface area (Å²) in [6.45, 7) is 5.36. The molecule has 2 atom stereocenters. The average molecular weight is 473 g/mol. The van der Waals surface area contributed by atoms with Crippen molar-refractivity contribution in [3.8, 4) is 5.75 Å². The van der Waals surface area contributed by atoms with E-state index in [1.807, 2.05) is 32.0 Å². The normalized spacial score (nSPS) is 22.6. The molecule has 2 amide bonds. The topological polar surface area (TPSA) is 72.2 Å². The zero-order chi connectivity index (χ0) is 22.7. The molecule has 3 heterocycles. The quantitative estimate of drug-likeness (QED) is 0.469. The fourth-order valence-electron chi connectivity index (χ4n) is 3.62. The number of nitrogens with zero attached hydrogens (tertiary/aromatic N) is 2. The number of carbonyl (C=O) groups is 2. The number of thioether (sulfide) groups is 1. The van der Waals surface area contributed by atoms with Crippen LogP contribution in [0.3, 0.4) is 0 Å². The molecule has 2 aliphatic heterocycles. The van der Waals surface area contributed by atoms with Crippen molar-refractivity contribution in [3.63, 3.8) is 0 Å². The molecular weight excluding hydrogens is 448 g/mol. The Balaban J connectivity index is 1.33. The van der Waals surface area contributed by atoms with Gasteiger partial charge in [-0.2, -0.15) is 0 Å². The first-order valence-electron chi connectivity index (χ1n) is 10.3. The van der Waals surface area contributed by atoms with Crippen molar-refractivity contribution in [1.29, 1.82) is 0 Å². The highest BCUT2D eigenvalue weighted by Gasteiger charge is 2.32. The molecule has 2 aromatic rings. The fourth-order valence-corrected chi connectivity index (χ4v) is 4.88. The molecule has 4 rings (SSSR count). The first-order chi connectivity index (χ1) is 15.4. The lowest BCUT2D eigenvalue weighted by molar-refractivity contribution is -0.145. The molecule has 1 aromatic heterocycles. The highest BCUT2D eigenvalue weighted by atomic mass is 32.2. The van der Waals surface area contributed by atoms with Gasteiger partial charge < -0.3 is 18.8 Å². The third kappa shape index (κ3) is 5.40. The molecule has 2 fully saturated rings. The van der Waals surface area contributed by atoms with E-state index in [0.29, 0.717) is 40.4 Å². The van der Waals surface area contributed by atoms with Gasteiger partial charge in [-0.05, 0) is 49.8 Å². The van der Waals surface area contributed by atoms with E-state index in [2.05, 4.69) is 0 Å². The Hall–Kier alpha value is -2.62. The minimum atomic E-state index is -0.142. The van der Waals surface area contributed by atoms with E-state index in [-0.39, 0.29) is 30.6 Å². The maximum Gasteiger partial charge on any atom is 0.266 e. The van der Waals surface area contributed by atoms with Crippen LogP contribution in [0.5, 0.6) is 5.75 Å². The van der Waals surface area contributed by atoms with Crippen LogP contribution < -0.4 is 4.74 Å². The van der Waals surface area contributed by atoms with Crippen molar-refractivity contribution in [2.24, 2.45) is 0 Å². The van der Waals surface area contributed by atoms with Crippen LogP contribution in [0.25, 0.3) is 6.08 Å². The summed E-state index contributed by atoms with van der Waals surface area (Å²) < 4.78 is 17.1. The molecule has 32 heavy (non-hydrogen) atoms. The van der Waals surface area contributed by atoms with Crippen LogP contribution in [0.1, 0.15) is 25.2 Å². The molecular formula is C23H24N2O5S2. The Kier molecular flexibility index (Phi) is 6.98. The van der Waals surface area contributed by atoms with Gasteiger partial charge in [-0.15, -0.1) is 0 Å². The third-order valence-corrected chi connectivity index (χ3v) is 6.46. The highest BCUT2D eigenvalue weighted by Crippen LogP contribution is 2.33. The standard InChI is InChI=1S/C23H24N2O5S2/c1-15-11-24(12-16(2)30-15)21(26)14-29-18-7-5-17(6-8-18)10-20-22(27)25(23(31)32-20)13-19-4-3-9-28-19/h3-10,15-16H,11-14H2,1-2H3/b20-10-. The first-order valence-corrected chi connectivity index (χ1v) is 11.6. The summed E-state index contributed by atoms with van der Waals surface area (Å²) in [5, 5.41) is 0. The molecule has 9 heteroatoms. The van der Waals surface area contributed by atoms with Gasteiger partial charge in [0, 0.05) is 13.1 Å². The van der Waals surface area contributed by atoms with Crippen LogP contribution in [0.2, 0.25) is 0 Å². The number of hydrogen-bond donors (Lipinski definition) is 0. The zero-order valence-electron chi connectivity index (χ0n) is 17.9. The molecule has 7 nitrogen and oxygen atoms in total. The molecule has 168 valence electrons. The van der Waals surface area contributed by atoms with Crippen molar-refractivity contribution < 1.29 is 23.5 Å². The lowest BCUT2D eigenvalue weighted by Gasteiger charge is -2.35. The van der Waals surface area contributed by atoms with E-state index < -0.39 is 0 Å². The number of thiocarbonyl (C=S) groups is 1. The van der Waals surface area contributed by atoms with Gasteiger partial charge in [-0.1, -0.05) is 36.1 Å². The predicted molar refractivity (Wildman–Crippen MR) is 126 cm³/mol. The van der Waals surface area contributed by atoms with Crippen molar-refractivity contribution in [3.05, 3.63) is 58.9 Å². The van der Waals surface area contributed by atoms with E-state index in [1.54, 1.807) is 35.4 Å². The molecule has 0 bridgehead atoms. The van der Waals surface area contributed by atoms with Gasteiger partial charge in [0.1, 0.15) is 15.8 Å². The number of rotatable bonds is 6. The first kappa shape index (κ1) is 22.6. The number of hydrogen-bond acceptors (Lipinski definition) is 7. The lowest BCUT2D eigenvalue weighted by atomic mass is 10.2. The second-order valence-corrected chi connectivity index (χ2v) is 9.44. The SMILES string of the molecule is CC1CN(C(=O)COc2ccc(/C=C3\SC(=S)N(Cc4ccco4)C3=O)cc2)CC(C)O1. The molecule has 0 N–H and O–H groups in total. The fraction of sp³-hybridized carbons (Fsp3) is 0.348. The minimum absolute atomic E-state index is 0.0223. The monoisotopic (exact) mass is 472 g/mol. The molecule has 2 unspecified atom stereocenters. The number of morpholine rings is 1. The lowest BCUT2D eigenvalue weighted by Crippen LogP contribution is -2.49. The third-order valence-electron chi connectivity index (χ3n) is 5.08. The van der Waals surface area contributed by atoms with Crippen LogP contribution in [-0.4, -0.2) is 57.8 Å². The van der Waals surface area contributed by atoms with Gasteiger partial charge >= 0.3 is 0 Å². The van der Waals surface area contributed by atoms with Crippen molar-refractivity contribution in [2.45, 2.75) is 32.6 Å². The summed E-state index contributed by atoms with van der Waals surface area (Å²) in [5.41, 5.74) is 0.845. The number of amides is 2. The molecule has 2 saturated heterocycles. The van der Waals surface area contributed by atoms with Gasteiger partial charge in [0.15, 0.2) is 6.61 Å². The summed E-state index contributed by atoms with van der Waals surface area (Å²) in [7, 11) is 0. The second-order valence-electron chi connectivity index (χ2n) is 7.76. The van der Waals surface area contributed by atoms with Crippen molar-refractivity contribution in [2.75, 3.05) is 19.7 Å². The smallest absolute Gasteiger partial charge is 0.266 e. The number of ether oxygens (including phenoxy) is 2. The van der Waals surface area contributed by atoms with Gasteiger partial charge in [-0.25, -0.2) is 0 Å². The van der Waals surface area contributed by atoms with Crippen molar-refractivity contribution in [1.82, 2.24) is 9.80 Å². The second kappa shape index (κ2) is 9.89. The molecule has 0 radical (unpaired) electrons. The summed E-state index contributed by atoms with van der Waals surface area (Å²) in [4.78, 5) is 29.0. The van der Waals surface area contributed by atoms with Crippen LogP contribution in [0.4, 0.5) is 0 Å².